The molecule has 5 nitrogen and oxygen atoms in total. The van der Waals surface area contributed by atoms with Crippen LogP contribution >= 0.6 is 45.3 Å². The summed E-state index contributed by atoms with van der Waals surface area (Å²) in [6.07, 6.45) is 3.41. The smallest absolute Gasteiger partial charge is 0.410 e. The summed E-state index contributed by atoms with van der Waals surface area (Å²) in [5.41, 5.74) is 1.02. The van der Waals surface area contributed by atoms with Crippen LogP contribution in [-0.4, -0.2) is 33.6 Å². The Balaban J connectivity index is 1.57. The maximum Gasteiger partial charge on any atom is 0.410 e. The van der Waals surface area contributed by atoms with Crippen molar-refractivity contribution in [1.82, 2.24) is 14.9 Å². The van der Waals surface area contributed by atoms with Gasteiger partial charge < -0.3 is 9.72 Å². The van der Waals surface area contributed by atoms with Crippen LogP contribution < -0.4 is 0 Å². The van der Waals surface area contributed by atoms with Crippen molar-refractivity contribution >= 4 is 60.8 Å². The molecular formula is C17H18IN3O2S2. The maximum absolute atomic E-state index is 12.3. The summed E-state index contributed by atoms with van der Waals surface area (Å²) >= 11 is 5.93. The van der Waals surface area contributed by atoms with E-state index in [0.717, 1.165) is 30.9 Å². The first-order valence-electron chi connectivity index (χ1n) is 8.22. The van der Waals surface area contributed by atoms with Gasteiger partial charge in [-0.2, -0.15) is 0 Å². The van der Waals surface area contributed by atoms with E-state index in [1.54, 1.807) is 27.6 Å². The van der Waals surface area contributed by atoms with Crippen LogP contribution in [0.1, 0.15) is 38.6 Å². The second-order valence-corrected chi connectivity index (χ2v) is 10.4. The fourth-order valence-electron chi connectivity index (χ4n) is 3.11. The number of aromatic amines is 1. The lowest BCUT2D eigenvalue weighted by atomic mass is 10.2. The van der Waals surface area contributed by atoms with Crippen molar-refractivity contribution in [2.75, 3.05) is 6.54 Å². The lowest BCUT2D eigenvalue weighted by molar-refractivity contribution is 0.0722. The topological polar surface area (TPSA) is 58.2 Å². The molecule has 0 aliphatic carbocycles. The highest BCUT2D eigenvalue weighted by atomic mass is 127. The van der Waals surface area contributed by atoms with E-state index < -0.39 is 0 Å². The molecule has 0 aromatic carbocycles. The normalized spacial score (nSPS) is 17.8. The Morgan fingerprint density at radius 2 is 2.20 bits per heavy atom. The highest BCUT2D eigenvalue weighted by Gasteiger charge is 2.33. The minimum Gasteiger partial charge on any atom is -0.447 e. The van der Waals surface area contributed by atoms with Crippen molar-refractivity contribution in [1.29, 1.82) is 0 Å². The quantitative estimate of drug-likeness (QED) is 0.487. The van der Waals surface area contributed by atoms with Crippen LogP contribution in [0.5, 0.6) is 0 Å². The van der Waals surface area contributed by atoms with Gasteiger partial charge in [0.1, 0.15) is 5.82 Å². The fourth-order valence-corrected chi connectivity index (χ4v) is 6.43. The molecule has 0 radical (unpaired) electrons. The minimum absolute atomic E-state index is 0.0259. The zero-order valence-electron chi connectivity index (χ0n) is 13.9. The van der Waals surface area contributed by atoms with Gasteiger partial charge >= 0.3 is 6.09 Å². The van der Waals surface area contributed by atoms with Gasteiger partial charge in [-0.1, -0.05) is 0 Å². The molecule has 0 bridgehead atoms. The molecule has 8 heteroatoms. The van der Waals surface area contributed by atoms with E-state index in [-0.39, 0.29) is 18.2 Å². The maximum atomic E-state index is 12.3. The lowest BCUT2D eigenvalue weighted by Crippen LogP contribution is -2.33. The van der Waals surface area contributed by atoms with Crippen LogP contribution in [0.15, 0.2) is 18.3 Å². The second kappa shape index (κ2) is 6.88. The van der Waals surface area contributed by atoms with E-state index in [0.29, 0.717) is 0 Å². The van der Waals surface area contributed by atoms with Crippen LogP contribution in [0, 0.1) is 2.88 Å². The number of H-pyrrole nitrogens is 1. The van der Waals surface area contributed by atoms with Crippen LogP contribution in [0.2, 0.25) is 0 Å². The Kier molecular flexibility index (Phi) is 4.76. The first-order valence-corrected chi connectivity index (χ1v) is 10.9. The molecule has 25 heavy (non-hydrogen) atoms. The number of imidazole rings is 1. The van der Waals surface area contributed by atoms with Crippen LogP contribution in [0.25, 0.3) is 20.0 Å². The predicted molar refractivity (Wildman–Crippen MR) is 110 cm³/mol. The summed E-state index contributed by atoms with van der Waals surface area (Å²) in [5, 5.41) is 0. The average Bonchev–Trinajstić information content (AvgIpc) is 3.28. The molecular weight excluding hydrogens is 469 g/mol. The standard InChI is InChI=1S/C17H18IN3O2S2/c1-9(2)23-17(22)21-5-3-4-11(21)16-19-8-10(20-16)12-6-13-14(24-12)7-15(18)25-13/h6-9,11H,3-5H2,1-2H3,(H,19,20)/t11-/m0/s1. The van der Waals surface area contributed by atoms with E-state index >= 15 is 0 Å². The monoisotopic (exact) mass is 487 g/mol. The number of carbonyl (C=O) groups is 1. The van der Waals surface area contributed by atoms with E-state index in [1.165, 1.54) is 17.2 Å². The second-order valence-electron chi connectivity index (χ2n) is 6.36. The number of hydrogen-bond acceptors (Lipinski definition) is 5. The molecule has 1 amide bonds. The summed E-state index contributed by atoms with van der Waals surface area (Å²) in [7, 11) is 0. The molecule has 0 saturated carbocycles. The van der Waals surface area contributed by atoms with E-state index in [1.807, 2.05) is 20.0 Å². The van der Waals surface area contributed by atoms with Gasteiger partial charge in [0, 0.05) is 15.9 Å². The molecule has 4 rings (SSSR count). The average molecular weight is 487 g/mol. The highest BCUT2D eigenvalue weighted by Crippen LogP contribution is 2.39. The number of nitrogens with one attached hydrogen (secondary N) is 1. The van der Waals surface area contributed by atoms with Crippen molar-refractivity contribution < 1.29 is 9.53 Å². The first kappa shape index (κ1) is 17.3. The number of hydrogen-bond donors (Lipinski definition) is 1. The van der Waals surface area contributed by atoms with Crippen LogP contribution in [0.3, 0.4) is 0 Å². The zero-order valence-corrected chi connectivity index (χ0v) is 17.7. The first-order chi connectivity index (χ1) is 12.0. The number of rotatable bonds is 3. The van der Waals surface area contributed by atoms with Crippen molar-refractivity contribution in [2.45, 2.75) is 38.8 Å². The van der Waals surface area contributed by atoms with Crippen molar-refractivity contribution in [3.63, 3.8) is 0 Å². The largest absolute Gasteiger partial charge is 0.447 e. The van der Waals surface area contributed by atoms with E-state index in [4.69, 9.17) is 4.74 Å². The number of aromatic nitrogens is 2. The van der Waals surface area contributed by atoms with Crippen molar-refractivity contribution in [3.8, 4) is 10.6 Å². The molecule has 1 aliphatic rings. The van der Waals surface area contributed by atoms with Gasteiger partial charge in [0.15, 0.2) is 0 Å². The molecule has 1 fully saturated rings. The molecule has 1 atom stereocenters. The Bertz CT molecular complexity index is 883. The Labute approximate surface area is 167 Å². The van der Waals surface area contributed by atoms with Crippen LogP contribution in [-0.2, 0) is 4.74 Å². The Morgan fingerprint density at radius 3 is 2.96 bits per heavy atom. The molecule has 132 valence electrons. The van der Waals surface area contributed by atoms with Crippen molar-refractivity contribution in [3.05, 3.63) is 27.0 Å². The summed E-state index contributed by atoms with van der Waals surface area (Å²) in [6.45, 7) is 4.47. The third-order valence-corrected chi connectivity index (χ3v) is 7.26. The summed E-state index contributed by atoms with van der Waals surface area (Å²) in [5.74, 6) is 0.847. The van der Waals surface area contributed by atoms with Crippen LogP contribution in [0.4, 0.5) is 4.79 Å². The van der Waals surface area contributed by atoms with Gasteiger partial charge in [-0.05, 0) is 61.4 Å². The van der Waals surface area contributed by atoms with Gasteiger partial charge in [0.05, 0.1) is 31.8 Å². The minimum atomic E-state index is -0.248. The Morgan fingerprint density at radius 1 is 1.40 bits per heavy atom. The predicted octanol–water partition coefficient (Wildman–Crippen LogP) is 5.64. The number of likely N-dealkylation sites (tertiary alicyclic amines) is 1. The molecule has 1 aliphatic heterocycles. The summed E-state index contributed by atoms with van der Waals surface area (Å²) in [6, 6.07) is 4.40. The third kappa shape index (κ3) is 3.43. The third-order valence-electron chi connectivity index (χ3n) is 4.18. The van der Waals surface area contributed by atoms with E-state index in [2.05, 4.69) is 44.7 Å². The Hall–Kier alpha value is -1.13. The molecule has 4 heterocycles. The molecule has 0 spiro atoms. The fraction of sp³-hybridized carbons (Fsp3) is 0.412. The molecule has 3 aromatic rings. The molecule has 3 aromatic heterocycles. The highest BCUT2D eigenvalue weighted by molar-refractivity contribution is 14.1. The number of amides is 1. The zero-order chi connectivity index (χ0) is 17.6. The van der Waals surface area contributed by atoms with Gasteiger partial charge in [0.2, 0.25) is 0 Å². The number of ether oxygens (including phenoxy) is 1. The molecule has 1 saturated heterocycles. The van der Waals surface area contributed by atoms with Gasteiger partial charge in [-0.15, -0.1) is 22.7 Å². The van der Waals surface area contributed by atoms with E-state index in [9.17, 15) is 4.79 Å². The molecule has 1 N–H and O–H groups in total. The number of nitrogens with zero attached hydrogens (tertiary/aromatic N) is 2. The number of carbonyl (C=O) groups excluding carboxylic acids is 1. The SMILES string of the molecule is CC(C)OC(=O)N1CCC[C@H]1c1ncc(-c2cc3sc(I)cc3s2)[nH]1. The number of fused-ring (bicyclic) bond motifs is 1. The summed E-state index contributed by atoms with van der Waals surface area (Å²) < 4.78 is 9.29. The van der Waals surface area contributed by atoms with Gasteiger partial charge in [-0.3, -0.25) is 4.90 Å². The molecule has 0 unspecified atom stereocenters. The number of thiophene rings is 2. The summed E-state index contributed by atoms with van der Waals surface area (Å²) in [4.78, 5) is 23.3. The van der Waals surface area contributed by atoms with Gasteiger partial charge in [0.25, 0.3) is 0 Å². The van der Waals surface area contributed by atoms with Gasteiger partial charge in [-0.25, -0.2) is 9.78 Å². The van der Waals surface area contributed by atoms with Crippen molar-refractivity contribution in [2.24, 2.45) is 0 Å². The number of halogens is 1. The lowest BCUT2D eigenvalue weighted by Gasteiger charge is -2.23.